The molecule has 0 aliphatic heterocycles. The molecule has 0 fully saturated rings. The largest absolute Gasteiger partial charge is 0.356 e. The Balaban J connectivity index is 2.34. The second kappa shape index (κ2) is 8.98. The van der Waals surface area contributed by atoms with Crippen LogP contribution < -0.4 is 5.32 Å². The van der Waals surface area contributed by atoms with Crippen LogP contribution in [-0.2, 0) is 11.2 Å². The van der Waals surface area contributed by atoms with E-state index in [-0.39, 0.29) is 5.91 Å². The van der Waals surface area contributed by atoms with Crippen LogP contribution in [0.5, 0.6) is 0 Å². The van der Waals surface area contributed by atoms with Gasteiger partial charge in [0.1, 0.15) is 0 Å². The van der Waals surface area contributed by atoms with E-state index in [4.69, 9.17) is 11.6 Å². The first-order chi connectivity index (χ1) is 9.15. The van der Waals surface area contributed by atoms with Gasteiger partial charge in [0.25, 0.3) is 0 Å². The molecule has 1 rings (SSSR count). The zero-order valence-electron chi connectivity index (χ0n) is 11.9. The van der Waals surface area contributed by atoms with Gasteiger partial charge in [-0.25, -0.2) is 0 Å². The number of rotatable bonds is 8. The van der Waals surface area contributed by atoms with Gasteiger partial charge in [-0.15, -0.1) is 0 Å². The summed E-state index contributed by atoms with van der Waals surface area (Å²) in [6.45, 7) is 5.17. The van der Waals surface area contributed by atoms with Crippen LogP contribution in [0.4, 0.5) is 0 Å². The van der Waals surface area contributed by atoms with Crippen LogP contribution in [0.1, 0.15) is 45.1 Å². The molecule has 0 heterocycles. The zero-order chi connectivity index (χ0) is 14.1. The summed E-state index contributed by atoms with van der Waals surface area (Å²) in [5.41, 5.74) is 0.964. The zero-order valence-corrected chi connectivity index (χ0v) is 12.7. The summed E-state index contributed by atoms with van der Waals surface area (Å²) in [5, 5.41) is 3.71. The predicted octanol–water partition coefficient (Wildman–Crippen LogP) is 4.22. The van der Waals surface area contributed by atoms with Gasteiger partial charge in [0, 0.05) is 11.6 Å². The number of nitrogens with one attached hydrogen (secondary N) is 1. The van der Waals surface area contributed by atoms with E-state index in [1.54, 1.807) is 0 Å². The van der Waals surface area contributed by atoms with Crippen LogP contribution in [0.2, 0.25) is 5.02 Å². The lowest BCUT2D eigenvalue weighted by molar-refractivity contribution is -0.120. The van der Waals surface area contributed by atoms with Crippen molar-refractivity contribution >= 4 is 17.5 Å². The molecular weight excluding hydrogens is 258 g/mol. The normalized spacial score (nSPS) is 12.2. The topological polar surface area (TPSA) is 29.1 Å². The molecular formula is C16H24ClNO. The lowest BCUT2D eigenvalue weighted by atomic mass is 9.99. The van der Waals surface area contributed by atoms with Gasteiger partial charge in [-0.2, -0.15) is 0 Å². The van der Waals surface area contributed by atoms with Crippen LogP contribution in [0.3, 0.4) is 0 Å². The monoisotopic (exact) mass is 281 g/mol. The van der Waals surface area contributed by atoms with Gasteiger partial charge in [-0.05, 0) is 30.0 Å². The molecule has 0 saturated carbocycles. The van der Waals surface area contributed by atoms with Gasteiger partial charge in [-0.1, -0.05) is 56.8 Å². The summed E-state index contributed by atoms with van der Waals surface area (Å²) < 4.78 is 0. The molecule has 1 amide bonds. The first kappa shape index (κ1) is 16.0. The molecule has 0 unspecified atom stereocenters. The van der Waals surface area contributed by atoms with Crippen molar-refractivity contribution in [3.8, 4) is 0 Å². The highest BCUT2D eigenvalue weighted by molar-refractivity contribution is 6.30. The van der Waals surface area contributed by atoms with Crippen molar-refractivity contribution in [2.75, 3.05) is 6.54 Å². The maximum Gasteiger partial charge on any atom is 0.224 e. The molecule has 0 bridgehead atoms. The number of carbonyl (C=O) groups excluding carboxylic acids is 1. The predicted molar refractivity (Wildman–Crippen MR) is 81.5 cm³/mol. The average Bonchev–Trinajstić information content (AvgIpc) is 2.39. The van der Waals surface area contributed by atoms with E-state index >= 15 is 0 Å². The molecule has 2 nitrogen and oxygen atoms in total. The highest BCUT2D eigenvalue weighted by Crippen LogP contribution is 2.12. The third-order valence-corrected chi connectivity index (χ3v) is 3.62. The molecule has 1 N–H and O–H groups in total. The molecule has 3 heteroatoms. The van der Waals surface area contributed by atoms with E-state index in [9.17, 15) is 4.79 Å². The van der Waals surface area contributed by atoms with E-state index in [0.29, 0.717) is 17.4 Å². The lowest BCUT2D eigenvalue weighted by Crippen LogP contribution is -2.30. The highest BCUT2D eigenvalue weighted by Gasteiger charge is 2.09. The van der Waals surface area contributed by atoms with E-state index in [1.165, 1.54) is 19.3 Å². The van der Waals surface area contributed by atoms with Gasteiger partial charge in [0.05, 0.1) is 6.42 Å². The molecule has 1 atom stereocenters. The highest BCUT2D eigenvalue weighted by atomic mass is 35.5. The summed E-state index contributed by atoms with van der Waals surface area (Å²) in [6, 6.07) is 7.47. The molecule has 0 spiro atoms. The fraction of sp³-hybridized carbons (Fsp3) is 0.562. The number of amides is 1. The van der Waals surface area contributed by atoms with Crippen molar-refractivity contribution < 1.29 is 4.79 Å². The third kappa shape index (κ3) is 6.63. The number of benzene rings is 1. The van der Waals surface area contributed by atoms with Gasteiger partial charge >= 0.3 is 0 Å². The van der Waals surface area contributed by atoms with Gasteiger partial charge in [0.15, 0.2) is 0 Å². The number of hydrogen-bond acceptors (Lipinski definition) is 1. The quantitative estimate of drug-likeness (QED) is 0.760. The molecule has 0 aliphatic carbocycles. The van der Waals surface area contributed by atoms with Crippen LogP contribution in [-0.4, -0.2) is 12.5 Å². The Morgan fingerprint density at radius 2 is 2.16 bits per heavy atom. The van der Waals surface area contributed by atoms with E-state index < -0.39 is 0 Å². The average molecular weight is 282 g/mol. The standard InChI is InChI=1S/C16H24ClNO/c1-3-5-7-13(4-2)12-18-16(19)11-14-8-6-9-15(17)10-14/h6,8-10,13H,3-5,7,11-12H2,1-2H3,(H,18,19)/t13-/m1/s1. The molecule has 0 saturated heterocycles. The van der Waals surface area contributed by atoms with E-state index in [2.05, 4.69) is 19.2 Å². The molecule has 19 heavy (non-hydrogen) atoms. The molecule has 0 aromatic heterocycles. The van der Waals surface area contributed by atoms with Crippen molar-refractivity contribution in [3.05, 3.63) is 34.9 Å². The van der Waals surface area contributed by atoms with Gasteiger partial charge < -0.3 is 5.32 Å². The van der Waals surface area contributed by atoms with E-state index in [1.807, 2.05) is 24.3 Å². The molecule has 0 radical (unpaired) electrons. The smallest absolute Gasteiger partial charge is 0.224 e. The summed E-state index contributed by atoms with van der Waals surface area (Å²) in [5.74, 6) is 0.681. The first-order valence-corrected chi connectivity index (χ1v) is 7.54. The fourth-order valence-electron chi connectivity index (χ4n) is 2.10. The van der Waals surface area contributed by atoms with Crippen molar-refractivity contribution in [2.45, 2.75) is 46.0 Å². The SMILES string of the molecule is CCCC[C@@H](CC)CNC(=O)Cc1cccc(Cl)c1. The molecule has 1 aromatic carbocycles. The minimum absolute atomic E-state index is 0.0808. The maximum absolute atomic E-state index is 11.9. The van der Waals surface area contributed by atoms with Crippen molar-refractivity contribution in [1.82, 2.24) is 5.32 Å². The summed E-state index contributed by atoms with van der Waals surface area (Å²) in [7, 11) is 0. The van der Waals surface area contributed by atoms with Crippen LogP contribution >= 0.6 is 11.6 Å². The van der Waals surface area contributed by atoms with Gasteiger partial charge in [0.2, 0.25) is 5.91 Å². The summed E-state index contributed by atoms with van der Waals surface area (Å²) in [4.78, 5) is 11.9. The Hall–Kier alpha value is -1.02. The number of hydrogen-bond donors (Lipinski definition) is 1. The number of halogens is 1. The Morgan fingerprint density at radius 3 is 2.79 bits per heavy atom. The minimum Gasteiger partial charge on any atom is -0.356 e. The summed E-state index contributed by atoms with van der Waals surface area (Å²) >= 11 is 5.90. The molecule has 1 aromatic rings. The number of unbranched alkanes of at least 4 members (excludes halogenated alkanes) is 1. The van der Waals surface area contributed by atoms with Crippen LogP contribution in [0, 0.1) is 5.92 Å². The minimum atomic E-state index is 0.0808. The van der Waals surface area contributed by atoms with Crippen molar-refractivity contribution in [1.29, 1.82) is 0 Å². The Kier molecular flexibility index (Phi) is 7.57. The van der Waals surface area contributed by atoms with Crippen molar-refractivity contribution in [3.63, 3.8) is 0 Å². The Labute approximate surface area is 121 Å². The molecule has 0 aliphatic rings. The number of carbonyl (C=O) groups is 1. The first-order valence-electron chi connectivity index (χ1n) is 7.16. The Bertz CT molecular complexity index is 392. The second-order valence-corrected chi connectivity index (χ2v) is 5.46. The second-order valence-electron chi connectivity index (χ2n) is 5.03. The van der Waals surface area contributed by atoms with Crippen molar-refractivity contribution in [2.24, 2.45) is 5.92 Å². The van der Waals surface area contributed by atoms with Gasteiger partial charge in [-0.3, -0.25) is 4.79 Å². The summed E-state index contributed by atoms with van der Waals surface area (Å²) in [6.07, 6.45) is 5.18. The third-order valence-electron chi connectivity index (χ3n) is 3.38. The Morgan fingerprint density at radius 1 is 1.37 bits per heavy atom. The molecule has 106 valence electrons. The fourth-order valence-corrected chi connectivity index (χ4v) is 2.31. The van der Waals surface area contributed by atoms with E-state index in [0.717, 1.165) is 18.5 Å². The van der Waals surface area contributed by atoms with Crippen LogP contribution in [0.15, 0.2) is 24.3 Å². The lowest BCUT2D eigenvalue weighted by Gasteiger charge is -2.15. The van der Waals surface area contributed by atoms with Crippen LogP contribution in [0.25, 0.3) is 0 Å². The maximum atomic E-state index is 11.9.